The van der Waals surface area contributed by atoms with E-state index >= 15 is 0 Å². The van der Waals surface area contributed by atoms with E-state index < -0.39 is 17.9 Å². The van der Waals surface area contributed by atoms with Gasteiger partial charge in [0.05, 0.1) is 11.1 Å². The Labute approximate surface area is 187 Å². The van der Waals surface area contributed by atoms with Crippen molar-refractivity contribution >= 4 is 23.5 Å². The van der Waals surface area contributed by atoms with Crippen molar-refractivity contribution in [2.75, 3.05) is 0 Å². The molecule has 2 aromatic carbocycles. The predicted octanol–water partition coefficient (Wildman–Crippen LogP) is 3.44. The number of hydrogen-bond acceptors (Lipinski definition) is 4. The molecule has 2 aliphatic rings. The van der Waals surface area contributed by atoms with Gasteiger partial charge in [0.1, 0.15) is 11.8 Å². The Morgan fingerprint density at radius 2 is 1.72 bits per heavy atom. The first-order valence-electron chi connectivity index (χ1n) is 10.8. The molecule has 0 spiro atoms. The summed E-state index contributed by atoms with van der Waals surface area (Å²) in [6.07, 6.45) is 2.11. The number of aryl methyl sites for hydroxylation is 3. The Hall–Kier alpha value is -3.54. The van der Waals surface area contributed by atoms with Gasteiger partial charge in [-0.25, -0.2) is 0 Å². The Kier molecular flexibility index (Phi) is 5.78. The van der Waals surface area contributed by atoms with Gasteiger partial charge in [0.25, 0.3) is 11.8 Å². The van der Waals surface area contributed by atoms with Gasteiger partial charge < -0.3 is 5.32 Å². The lowest BCUT2D eigenvalue weighted by molar-refractivity contribution is -0.125. The van der Waals surface area contributed by atoms with Crippen LogP contribution in [0.25, 0.3) is 0 Å². The fourth-order valence-electron chi connectivity index (χ4n) is 4.27. The summed E-state index contributed by atoms with van der Waals surface area (Å²) in [6.45, 7) is 7.81. The molecule has 1 unspecified atom stereocenters. The van der Waals surface area contributed by atoms with Crippen LogP contribution in [0.15, 0.2) is 48.7 Å². The van der Waals surface area contributed by atoms with E-state index in [1.54, 1.807) is 18.2 Å². The Balaban J connectivity index is 1.43. The number of benzene rings is 2. The number of fused-ring (bicyclic) bond motifs is 1. The van der Waals surface area contributed by atoms with Crippen molar-refractivity contribution in [1.82, 2.24) is 10.2 Å². The third kappa shape index (κ3) is 4.13. The summed E-state index contributed by atoms with van der Waals surface area (Å²) < 4.78 is 0. The Morgan fingerprint density at radius 1 is 1.00 bits per heavy atom. The molecule has 4 rings (SSSR count). The fourth-order valence-corrected chi connectivity index (χ4v) is 4.27. The molecule has 2 aliphatic heterocycles. The van der Waals surface area contributed by atoms with Crippen LogP contribution in [0.5, 0.6) is 0 Å². The number of hydrogen-bond donors (Lipinski definition) is 1. The molecule has 0 radical (unpaired) electrons. The predicted molar refractivity (Wildman–Crippen MR) is 120 cm³/mol. The molecule has 6 nitrogen and oxygen atoms in total. The SMILES string of the molecule is C=C1CCC(N2C(=O)c3ccc(CCC(=O)Cc4ccc(C)c(C)c4)cc3C2=O)C(=O)N1. The molecule has 1 fully saturated rings. The maximum atomic E-state index is 13.0. The highest BCUT2D eigenvalue weighted by molar-refractivity contribution is 6.23. The van der Waals surface area contributed by atoms with Gasteiger partial charge in [0.2, 0.25) is 5.91 Å². The monoisotopic (exact) mass is 430 g/mol. The Morgan fingerprint density at radius 3 is 2.44 bits per heavy atom. The van der Waals surface area contributed by atoms with Gasteiger partial charge in [-0.2, -0.15) is 0 Å². The van der Waals surface area contributed by atoms with Gasteiger partial charge in [-0.3, -0.25) is 24.1 Å². The van der Waals surface area contributed by atoms with Crippen molar-refractivity contribution in [1.29, 1.82) is 0 Å². The number of nitrogens with one attached hydrogen (secondary N) is 1. The average molecular weight is 431 g/mol. The van der Waals surface area contributed by atoms with E-state index in [9.17, 15) is 19.2 Å². The second kappa shape index (κ2) is 8.54. The number of allylic oxidation sites excluding steroid dienone is 1. The molecular weight excluding hydrogens is 404 g/mol. The van der Waals surface area contributed by atoms with E-state index in [4.69, 9.17) is 0 Å². The molecule has 0 bridgehead atoms. The quantitative estimate of drug-likeness (QED) is 0.712. The van der Waals surface area contributed by atoms with Crippen LogP contribution in [0.2, 0.25) is 0 Å². The number of piperidine rings is 1. The molecule has 6 heteroatoms. The lowest BCUT2D eigenvalue weighted by Crippen LogP contribution is -2.51. The van der Waals surface area contributed by atoms with Crippen LogP contribution in [0.3, 0.4) is 0 Å². The number of Topliss-reactive ketones (excluding diaryl/α,β-unsaturated/α-hetero) is 1. The van der Waals surface area contributed by atoms with E-state index in [2.05, 4.69) is 11.9 Å². The Bertz CT molecular complexity index is 1160. The van der Waals surface area contributed by atoms with Gasteiger partial charge in [0, 0.05) is 18.5 Å². The summed E-state index contributed by atoms with van der Waals surface area (Å²) in [4.78, 5) is 51.6. The maximum absolute atomic E-state index is 13.0. The molecule has 1 atom stereocenters. The molecule has 0 saturated carbocycles. The molecular formula is C26H26N2O4. The number of carbonyl (C=O) groups is 4. The van der Waals surface area contributed by atoms with Crippen LogP contribution < -0.4 is 5.32 Å². The number of ketones is 1. The smallest absolute Gasteiger partial charge is 0.262 e. The van der Waals surface area contributed by atoms with E-state index in [1.807, 2.05) is 32.0 Å². The van der Waals surface area contributed by atoms with E-state index in [-0.39, 0.29) is 11.7 Å². The van der Waals surface area contributed by atoms with E-state index in [0.717, 1.165) is 21.6 Å². The van der Waals surface area contributed by atoms with Crippen molar-refractivity contribution < 1.29 is 19.2 Å². The fraction of sp³-hybridized carbons (Fsp3) is 0.308. The summed E-state index contributed by atoms with van der Waals surface area (Å²) in [6, 6.07) is 10.3. The van der Waals surface area contributed by atoms with Crippen molar-refractivity contribution in [3.8, 4) is 0 Å². The normalized spacial score (nSPS) is 18.1. The summed E-state index contributed by atoms with van der Waals surface area (Å²) in [7, 11) is 0. The third-order valence-electron chi connectivity index (χ3n) is 6.28. The van der Waals surface area contributed by atoms with Crippen molar-refractivity contribution in [2.45, 2.75) is 52.0 Å². The zero-order chi connectivity index (χ0) is 23.0. The summed E-state index contributed by atoms with van der Waals surface area (Å²) >= 11 is 0. The van der Waals surface area contributed by atoms with E-state index in [1.165, 1.54) is 5.56 Å². The first kappa shape index (κ1) is 21.7. The number of carbonyl (C=O) groups excluding carboxylic acids is 4. The highest BCUT2D eigenvalue weighted by atomic mass is 16.2. The molecule has 2 heterocycles. The number of imide groups is 1. The van der Waals surface area contributed by atoms with Gasteiger partial charge >= 0.3 is 0 Å². The van der Waals surface area contributed by atoms with Crippen molar-refractivity contribution in [3.63, 3.8) is 0 Å². The minimum absolute atomic E-state index is 0.122. The highest BCUT2D eigenvalue weighted by Gasteiger charge is 2.43. The minimum Gasteiger partial charge on any atom is -0.329 e. The molecule has 32 heavy (non-hydrogen) atoms. The first-order valence-corrected chi connectivity index (χ1v) is 10.8. The largest absolute Gasteiger partial charge is 0.329 e. The number of nitrogens with zero attached hydrogens (tertiary/aromatic N) is 1. The molecule has 0 aromatic heterocycles. The highest BCUT2D eigenvalue weighted by Crippen LogP contribution is 2.29. The van der Waals surface area contributed by atoms with Crippen LogP contribution in [0.1, 0.15) is 62.2 Å². The third-order valence-corrected chi connectivity index (χ3v) is 6.28. The molecule has 1 saturated heterocycles. The summed E-state index contributed by atoms with van der Waals surface area (Å²) in [5.74, 6) is -1.17. The summed E-state index contributed by atoms with van der Waals surface area (Å²) in [5.41, 5.74) is 5.37. The lowest BCUT2D eigenvalue weighted by atomic mass is 9.98. The topological polar surface area (TPSA) is 83.6 Å². The van der Waals surface area contributed by atoms with Gasteiger partial charge in [-0.05, 0) is 67.5 Å². The van der Waals surface area contributed by atoms with Gasteiger partial charge in [0.15, 0.2) is 0 Å². The van der Waals surface area contributed by atoms with Crippen LogP contribution in [-0.4, -0.2) is 34.4 Å². The van der Waals surface area contributed by atoms with Crippen LogP contribution in [0.4, 0.5) is 0 Å². The first-order chi connectivity index (χ1) is 15.2. The standard InChI is InChI=1S/C26H26N2O4/c1-15-4-6-19(12-16(15)2)13-20(29)9-7-18-8-10-21-22(14-18)26(32)28(25(21)31)23-11-5-17(3)27-24(23)30/h4,6,8,10,12,14,23H,3,5,7,9,11,13H2,1-2H3,(H,27,30). The average Bonchev–Trinajstić information content (AvgIpc) is 2.99. The lowest BCUT2D eigenvalue weighted by Gasteiger charge is -2.29. The molecule has 0 aliphatic carbocycles. The second-order valence-electron chi connectivity index (χ2n) is 8.64. The molecule has 1 N–H and O–H groups in total. The molecule has 164 valence electrons. The van der Waals surface area contributed by atoms with Crippen molar-refractivity contribution in [3.05, 3.63) is 82.1 Å². The minimum atomic E-state index is -0.823. The second-order valence-corrected chi connectivity index (χ2v) is 8.64. The van der Waals surface area contributed by atoms with Crippen LogP contribution in [-0.2, 0) is 22.4 Å². The maximum Gasteiger partial charge on any atom is 0.262 e. The zero-order valence-electron chi connectivity index (χ0n) is 18.4. The summed E-state index contributed by atoms with van der Waals surface area (Å²) in [5, 5.41) is 2.63. The number of amides is 3. The van der Waals surface area contributed by atoms with Crippen molar-refractivity contribution in [2.24, 2.45) is 0 Å². The van der Waals surface area contributed by atoms with E-state index in [0.29, 0.717) is 48.9 Å². The van der Waals surface area contributed by atoms with Crippen LogP contribution >= 0.6 is 0 Å². The molecule has 2 aromatic rings. The number of rotatable bonds is 6. The molecule has 3 amide bonds. The van der Waals surface area contributed by atoms with Gasteiger partial charge in [-0.1, -0.05) is 30.8 Å². The zero-order valence-corrected chi connectivity index (χ0v) is 18.4. The van der Waals surface area contributed by atoms with Gasteiger partial charge in [-0.15, -0.1) is 0 Å². The van der Waals surface area contributed by atoms with Crippen LogP contribution in [0, 0.1) is 13.8 Å².